The minimum atomic E-state index is -0.567. The molecule has 0 unspecified atom stereocenters. The third-order valence-corrected chi connectivity index (χ3v) is 5.62. The van der Waals surface area contributed by atoms with Crippen LogP contribution in [0.25, 0.3) is 0 Å². The molecule has 1 saturated carbocycles. The van der Waals surface area contributed by atoms with Crippen LogP contribution in [0.4, 0.5) is 0 Å². The van der Waals surface area contributed by atoms with Crippen LogP contribution in [0.1, 0.15) is 47.0 Å². The first kappa shape index (κ1) is 18.0. The van der Waals surface area contributed by atoms with E-state index in [-0.39, 0.29) is 42.4 Å². The molecule has 130 valence electrons. The molecular formula is C18H28O5. The molecule has 2 aliphatic rings. The summed E-state index contributed by atoms with van der Waals surface area (Å²) in [7, 11) is 0. The van der Waals surface area contributed by atoms with Gasteiger partial charge in [-0.05, 0) is 36.2 Å². The zero-order chi connectivity index (χ0) is 17.3. The Morgan fingerprint density at radius 1 is 1.22 bits per heavy atom. The number of allylic oxidation sites excluding steroid dienone is 1. The highest BCUT2D eigenvalue weighted by Gasteiger charge is 2.59. The van der Waals surface area contributed by atoms with E-state index in [9.17, 15) is 14.7 Å². The van der Waals surface area contributed by atoms with Gasteiger partial charge in [-0.3, -0.25) is 9.59 Å². The van der Waals surface area contributed by atoms with E-state index in [1.165, 1.54) is 13.8 Å². The molecule has 0 radical (unpaired) electrons. The summed E-state index contributed by atoms with van der Waals surface area (Å²) < 4.78 is 11.0. The number of aliphatic hydroxyl groups excluding tert-OH is 1. The van der Waals surface area contributed by atoms with Crippen LogP contribution in [0.2, 0.25) is 0 Å². The minimum Gasteiger partial charge on any atom is -0.465 e. The number of aliphatic hydroxyl groups is 1. The van der Waals surface area contributed by atoms with Crippen LogP contribution < -0.4 is 0 Å². The van der Waals surface area contributed by atoms with Crippen molar-refractivity contribution in [1.82, 2.24) is 0 Å². The normalized spacial score (nSPS) is 35.3. The molecular weight excluding hydrogens is 296 g/mol. The number of carbonyl (C=O) groups is 2. The Morgan fingerprint density at radius 2 is 1.91 bits per heavy atom. The fourth-order valence-electron chi connectivity index (χ4n) is 4.63. The van der Waals surface area contributed by atoms with Crippen molar-refractivity contribution in [2.45, 2.75) is 53.1 Å². The van der Waals surface area contributed by atoms with Crippen molar-refractivity contribution in [3.63, 3.8) is 0 Å². The van der Waals surface area contributed by atoms with Crippen molar-refractivity contribution >= 4 is 11.9 Å². The first-order valence-corrected chi connectivity index (χ1v) is 8.35. The van der Waals surface area contributed by atoms with E-state index in [2.05, 4.69) is 19.9 Å². The SMILES string of the molecule is CC(=O)OC[C@@]12[C@H](CO)CCC[C@@H]1C(C)(C)C=C[C@@H]2OC(C)=O. The van der Waals surface area contributed by atoms with Gasteiger partial charge in [0.1, 0.15) is 12.7 Å². The first-order valence-electron chi connectivity index (χ1n) is 8.35. The summed E-state index contributed by atoms with van der Waals surface area (Å²) in [4.78, 5) is 23.0. The second-order valence-electron chi connectivity index (χ2n) is 7.47. The zero-order valence-corrected chi connectivity index (χ0v) is 14.5. The summed E-state index contributed by atoms with van der Waals surface area (Å²) in [6.45, 7) is 7.25. The van der Waals surface area contributed by atoms with E-state index >= 15 is 0 Å². The lowest BCUT2D eigenvalue weighted by Crippen LogP contribution is -2.60. The number of rotatable bonds is 4. The molecule has 2 aliphatic carbocycles. The third kappa shape index (κ3) is 3.30. The lowest BCUT2D eigenvalue weighted by atomic mass is 9.49. The topological polar surface area (TPSA) is 72.8 Å². The van der Waals surface area contributed by atoms with Crippen LogP contribution in [-0.2, 0) is 19.1 Å². The zero-order valence-electron chi connectivity index (χ0n) is 14.5. The lowest BCUT2D eigenvalue weighted by molar-refractivity contribution is -0.188. The van der Waals surface area contributed by atoms with E-state index in [4.69, 9.17) is 9.47 Å². The van der Waals surface area contributed by atoms with E-state index in [0.29, 0.717) is 0 Å². The molecule has 5 nitrogen and oxygen atoms in total. The van der Waals surface area contributed by atoms with Crippen molar-refractivity contribution in [1.29, 1.82) is 0 Å². The molecule has 5 heteroatoms. The molecule has 23 heavy (non-hydrogen) atoms. The molecule has 1 fully saturated rings. The van der Waals surface area contributed by atoms with Gasteiger partial charge in [0, 0.05) is 20.5 Å². The van der Waals surface area contributed by atoms with E-state index in [0.717, 1.165) is 19.3 Å². The van der Waals surface area contributed by atoms with Gasteiger partial charge in [-0.25, -0.2) is 0 Å². The van der Waals surface area contributed by atoms with E-state index < -0.39 is 11.5 Å². The average molecular weight is 324 g/mol. The Labute approximate surface area is 138 Å². The Kier molecular flexibility index (Phi) is 5.19. The summed E-state index contributed by atoms with van der Waals surface area (Å²) in [5, 5.41) is 9.98. The van der Waals surface area contributed by atoms with Crippen LogP contribution >= 0.6 is 0 Å². The number of hydrogen-bond donors (Lipinski definition) is 1. The second-order valence-corrected chi connectivity index (χ2v) is 7.47. The molecule has 0 bridgehead atoms. The van der Waals surface area contributed by atoms with Crippen LogP contribution in [0.15, 0.2) is 12.2 Å². The Bertz CT molecular complexity index is 496. The van der Waals surface area contributed by atoms with Crippen LogP contribution in [0.3, 0.4) is 0 Å². The van der Waals surface area contributed by atoms with E-state index in [1.54, 1.807) is 0 Å². The predicted octanol–water partition coefficient (Wildman–Crippen LogP) is 2.47. The fourth-order valence-corrected chi connectivity index (χ4v) is 4.63. The second kappa shape index (κ2) is 6.63. The number of hydrogen-bond acceptors (Lipinski definition) is 5. The highest BCUT2D eigenvalue weighted by Crippen LogP contribution is 2.58. The number of fused-ring (bicyclic) bond motifs is 1. The maximum atomic E-state index is 11.6. The smallest absolute Gasteiger partial charge is 0.303 e. The van der Waals surface area contributed by atoms with Gasteiger partial charge < -0.3 is 14.6 Å². The molecule has 1 N–H and O–H groups in total. The van der Waals surface area contributed by atoms with Crippen molar-refractivity contribution in [2.75, 3.05) is 13.2 Å². The highest BCUT2D eigenvalue weighted by atomic mass is 16.6. The van der Waals surface area contributed by atoms with Crippen molar-refractivity contribution in [3.8, 4) is 0 Å². The number of esters is 2. The molecule has 0 aromatic heterocycles. The van der Waals surface area contributed by atoms with Crippen LogP contribution in [0, 0.1) is 22.7 Å². The predicted molar refractivity (Wildman–Crippen MR) is 85.5 cm³/mol. The summed E-state index contributed by atoms with van der Waals surface area (Å²) in [6, 6.07) is 0. The van der Waals surface area contributed by atoms with Gasteiger partial charge >= 0.3 is 11.9 Å². The summed E-state index contributed by atoms with van der Waals surface area (Å²) in [5.41, 5.74) is -0.673. The average Bonchev–Trinajstić information content (AvgIpc) is 2.47. The molecule has 0 saturated heterocycles. The highest BCUT2D eigenvalue weighted by molar-refractivity contribution is 5.67. The van der Waals surface area contributed by atoms with Crippen molar-refractivity contribution < 1.29 is 24.2 Å². The molecule has 4 atom stereocenters. The number of ether oxygens (including phenoxy) is 2. The molecule has 0 amide bonds. The molecule has 0 heterocycles. The van der Waals surface area contributed by atoms with Crippen LogP contribution in [0.5, 0.6) is 0 Å². The van der Waals surface area contributed by atoms with Gasteiger partial charge in [0.05, 0.1) is 5.41 Å². The molecule has 0 aromatic rings. The molecule has 2 rings (SSSR count). The minimum absolute atomic E-state index is 0.000546. The van der Waals surface area contributed by atoms with Gasteiger partial charge in [0.25, 0.3) is 0 Å². The molecule has 0 aliphatic heterocycles. The van der Waals surface area contributed by atoms with E-state index in [1.807, 2.05) is 6.08 Å². The Morgan fingerprint density at radius 3 is 2.48 bits per heavy atom. The standard InChI is InChI=1S/C18H28O5/c1-12(20)22-11-18-14(10-19)6-5-7-15(18)17(3,4)9-8-16(18)23-13(2)21/h8-9,14-16,19H,5-7,10-11H2,1-4H3/t14-,15+,16-,18+/m0/s1. The van der Waals surface area contributed by atoms with Gasteiger partial charge in [0.2, 0.25) is 0 Å². The summed E-state index contributed by atoms with van der Waals surface area (Å²) >= 11 is 0. The van der Waals surface area contributed by atoms with Crippen LogP contribution in [-0.4, -0.2) is 36.4 Å². The third-order valence-electron chi connectivity index (χ3n) is 5.62. The molecule has 0 aromatic carbocycles. The van der Waals surface area contributed by atoms with Crippen molar-refractivity contribution in [2.24, 2.45) is 22.7 Å². The van der Waals surface area contributed by atoms with Crippen molar-refractivity contribution in [3.05, 3.63) is 12.2 Å². The van der Waals surface area contributed by atoms with Gasteiger partial charge in [-0.2, -0.15) is 0 Å². The monoisotopic (exact) mass is 324 g/mol. The largest absolute Gasteiger partial charge is 0.465 e. The summed E-state index contributed by atoms with van der Waals surface area (Å²) in [6.07, 6.45) is 6.35. The quantitative estimate of drug-likeness (QED) is 0.635. The summed E-state index contributed by atoms with van der Waals surface area (Å²) in [5.74, 6) is -0.597. The Balaban J connectivity index is 2.51. The van der Waals surface area contributed by atoms with Gasteiger partial charge in [0.15, 0.2) is 0 Å². The lowest BCUT2D eigenvalue weighted by Gasteiger charge is -2.58. The fraction of sp³-hybridized carbons (Fsp3) is 0.778. The first-order chi connectivity index (χ1) is 10.7. The number of carbonyl (C=O) groups excluding carboxylic acids is 2. The Hall–Kier alpha value is -1.36. The maximum absolute atomic E-state index is 11.6. The van der Waals surface area contributed by atoms with Gasteiger partial charge in [-0.15, -0.1) is 0 Å². The van der Waals surface area contributed by atoms with Gasteiger partial charge in [-0.1, -0.05) is 26.3 Å². The molecule has 0 spiro atoms. The maximum Gasteiger partial charge on any atom is 0.303 e.